The van der Waals surface area contributed by atoms with Gasteiger partial charge >= 0.3 is 0 Å². The molecule has 8 heteroatoms. The molecule has 0 bridgehead atoms. The van der Waals surface area contributed by atoms with Crippen molar-refractivity contribution < 1.29 is 18.0 Å². The van der Waals surface area contributed by atoms with Crippen molar-refractivity contribution >= 4 is 27.5 Å². The third-order valence-electron chi connectivity index (χ3n) is 5.60. The number of hydrogen-bond donors (Lipinski definition) is 1. The van der Waals surface area contributed by atoms with Crippen molar-refractivity contribution in [1.82, 2.24) is 10.2 Å². The molecule has 2 rings (SSSR count). The number of sulfonamides is 1. The molecule has 0 unspecified atom stereocenters. The van der Waals surface area contributed by atoms with Crippen molar-refractivity contribution in [3.05, 3.63) is 65.2 Å². The Hall–Kier alpha value is -2.87. The topological polar surface area (TPSA) is 86.8 Å². The molecule has 2 aromatic rings. The second-order valence-corrected chi connectivity index (χ2v) is 10.2. The molecule has 0 aliphatic rings. The molecule has 1 N–H and O–H groups in total. The molecule has 33 heavy (non-hydrogen) atoms. The van der Waals surface area contributed by atoms with Crippen LogP contribution in [0.4, 0.5) is 5.69 Å². The molecule has 0 aromatic heterocycles. The van der Waals surface area contributed by atoms with Crippen LogP contribution in [0.15, 0.2) is 48.5 Å². The van der Waals surface area contributed by atoms with Crippen molar-refractivity contribution in [1.29, 1.82) is 0 Å². The van der Waals surface area contributed by atoms with Crippen LogP contribution >= 0.6 is 0 Å². The number of anilines is 1. The summed E-state index contributed by atoms with van der Waals surface area (Å²) in [5.41, 5.74) is 3.49. The van der Waals surface area contributed by atoms with E-state index in [-0.39, 0.29) is 24.8 Å². The van der Waals surface area contributed by atoms with E-state index < -0.39 is 16.1 Å². The van der Waals surface area contributed by atoms with Gasteiger partial charge in [0.1, 0.15) is 6.04 Å². The molecule has 2 aromatic carbocycles. The molecule has 0 spiro atoms. The summed E-state index contributed by atoms with van der Waals surface area (Å²) in [7, 11) is -1.94. The van der Waals surface area contributed by atoms with E-state index >= 15 is 0 Å². The molecule has 0 fully saturated rings. The number of rotatable bonds is 11. The maximum absolute atomic E-state index is 13.3. The Labute approximate surface area is 197 Å². The Morgan fingerprint density at radius 2 is 1.76 bits per heavy atom. The molecule has 0 aliphatic heterocycles. The third-order valence-corrected chi connectivity index (χ3v) is 6.78. The first kappa shape index (κ1) is 26.4. The summed E-state index contributed by atoms with van der Waals surface area (Å²) in [6.07, 6.45) is 2.13. The smallest absolute Gasteiger partial charge is 0.242 e. The molecule has 180 valence electrons. The molecule has 1 atom stereocenters. The van der Waals surface area contributed by atoms with E-state index in [1.54, 1.807) is 24.1 Å². The molecule has 0 aliphatic carbocycles. The largest absolute Gasteiger partial charge is 0.357 e. The quantitative estimate of drug-likeness (QED) is 0.542. The lowest BCUT2D eigenvalue weighted by molar-refractivity contribution is -0.141. The standard InChI is InChI=1S/C25H35N3O4S/c1-6-22(25(30)26-4)27(18-21-13-9-11-19(2)17-21)24(29)15-10-16-28(33(5,31)32)23-14-8-7-12-20(23)3/h7-9,11-14,17,22H,6,10,15-16,18H2,1-5H3,(H,26,30)/t22-/m0/s1. The minimum Gasteiger partial charge on any atom is -0.357 e. The Morgan fingerprint density at radius 3 is 2.33 bits per heavy atom. The number of carbonyl (C=O) groups excluding carboxylic acids is 2. The van der Waals surface area contributed by atoms with Crippen LogP contribution in [0.1, 0.15) is 42.9 Å². The Bertz CT molecular complexity index is 1070. The predicted octanol–water partition coefficient (Wildman–Crippen LogP) is 3.40. The van der Waals surface area contributed by atoms with Gasteiger partial charge in [0.15, 0.2) is 0 Å². The van der Waals surface area contributed by atoms with Crippen LogP contribution in [0.3, 0.4) is 0 Å². The zero-order valence-electron chi connectivity index (χ0n) is 20.2. The molecule has 0 heterocycles. The van der Waals surface area contributed by atoms with Gasteiger partial charge in [-0.15, -0.1) is 0 Å². The van der Waals surface area contributed by atoms with E-state index in [4.69, 9.17) is 0 Å². The van der Waals surface area contributed by atoms with Gasteiger partial charge in [-0.1, -0.05) is 55.0 Å². The average molecular weight is 474 g/mol. The van der Waals surface area contributed by atoms with E-state index in [9.17, 15) is 18.0 Å². The Balaban J connectivity index is 2.20. The van der Waals surface area contributed by atoms with Crippen molar-refractivity contribution in [2.24, 2.45) is 0 Å². The first-order valence-corrected chi connectivity index (χ1v) is 13.0. The number of hydrogen-bond acceptors (Lipinski definition) is 4. The van der Waals surface area contributed by atoms with Crippen molar-refractivity contribution in [3.8, 4) is 0 Å². The molecule has 7 nitrogen and oxygen atoms in total. The number of nitrogens with one attached hydrogen (secondary N) is 1. The highest BCUT2D eigenvalue weighted by Crippen LogP contribution is 2.23. The Morgan fingerprint density at radius 1 is 1.06 bits per heavy atom. The van der Waals surface area contributed by atoms with Gasteiger partial charge in [-0.25, -0.2) is 8.42 Å². The highest BCUT2D eigenvalue weighted by Gasteiger charge is 2.28. The lowest BCUT2D eigenvalue weighted by Gasteiger charge is -2.31. The second-order valence-electron chi connectivity index (χ2n) is 8.27. The normalized spacial score (nSPS) is 12.2. The summed E-state index contributed by atoms with van der Waals surface area (Å²) in [6.45, 7) is 6.22. The van der Waals surface area contributed by atoms with Crippen LogP contribution in [-0.4, -0.2) is 51.0 Å². The van der Waals surface area contributed by atoms with Crippen LogP contribution in [-0.2, 0) is 26.2 Å². The zero-order chi connectivity index (χ0) is 24.6. The number of nitrogens with zero attached hydrogens (tertiary/aromatic N) is 2. The minimum atomic E-state index is -3.51. The van der Waals surface area contributed by atoms with Crippen LogP contribution in [0.5, 0.6) is 0 Å². The van der Waals surface area contributed by atoms with E-state index in [1.807, 2.05) is 57.2 Å². The summed E-state index contributed by atoms with van der Waals surface area (Å²) in [5, 5.41) is 2.65. The number of amides is 2. The van der Waals surface area contributed by atoms with Crippen molar-refractivity contribution in [3.63, 3.8) is 0 Å². The second kappa shape index (κ2) is 11.8. The minimum absolute atomic E-state index is 0.136. The van der Waals surface area contributed by atoms with Crippen molar-refractivity contribution in [2.45, 2.75) is 52.6 Å². The predicted molar refractivity (Wildman–Crippen MR) is 132 cm³/mol. The summed E-state index contributed by atoms with van der Waals surface area (Å²) in [6, 6.07) is 14.5. The summed E-state index contributed by atoms with van der Waals surface area (Å²) in [4.78, 5) is 27.4. The maximum Gasteiger partial charge on any atom is 0.242 e. The molecular formula is C25H35N3O4S. The van der Waals surface area contributed by atoms with Crippen LogP contribution in [0, 0.1) is 13.8 Å². The van der Waals surface area contributed by atoms with Gasteiger partial charge in [-0.05, 0) is 43.9 Å². The van der Waals surface area contributed by atoms with Crippen LogP contribution in [0.25, 0.3) is 0 Å². The van der Waals surface area contributed by atoms with E-state index in [0.29, 0.717) is 25.1 Å². The number of benzene rings is 2. The number of carbonyl (C=O) groups is 2. The fourth-order valence-corrected chi connectivity index (χ4v) is 4.94. The van der Waals surface area contributed by atoms with Crippen molar-refractivity contribution in [2.75, 3.05) is 24.2 Å². The lowest BCUT2D eigenvalue weighted by Crippen LogP contribution is -2.48. The molecule has 0 radical (unpaired) electrons. The van der Waals surface area contributed by atoms with Crippen LogP contribution in [0.2, 0.25) is 0 Å². The third kappa shape index (κ3) is 7.32. The van der Waals surface area contributed by atoms with Gasteiger partial charge in [-0.3, -0.25) is 13.9 Å². The number of aryl methyl sites for hydroxylation is 2. The summed E-state index contributed by atoms with van der Waals surface area (Å²) in [5.74, 6) is -0.388. The lowest BCUT2D eigenvalue weighted by atomic mass is 10.1. The van der Waals surface area contributed by atoms with E-state index in [2.05, 4.69) is 5.32 Å². The molecule has 0 saturated heterocycles. The maximum atomic E-state index is 13.3. The SMILES string of the molecule is CC[C@@H](C(=O)NC)N(Cc1cccc(C)c1)C(=O)CCCN(c1ccccc1C)S(C)(=O)=O. The highest BCUT2D eigenvalue weighted by molar-refractivity contribution is 7.92. The van der Waals surface area contributed by atoms with Crippen LogP contribution < -0.4 is 9.62 Å². The fourth-order valence-electron chi connectivity index (χ4n) is 3.92. The number of likely N-dealkylation sites (N-methyl/N-ethyl adjacent to an activating group) is 1. The van der Waals surface area contributed by atoms with E-state index in [1.165, 1.54) is 10.6 Å². The van der Waals surface area contributed by atoms with Gasteiger partial charge in [0.05, 0.1) is 11.9 Å². The molecule has 0 saturated carbocycles. The molecular weight excluding hydrogens is 438 g/mol. The van der Waals surface area contributed by atoms with E-state index in [0.717, 1.165) is 16.7 Å². The fraction of sp³-hybridized carbons (Fsp3) is 0.440. The highest BCUT2D eigenvalue weighted by atomic mass is 32.2. The summed E-state index contributed by atoms with van der Waals surface area (Å²) < 4.78 is 26.2. The monoisotopic (exact) mass is 473 g/mol. The van der Waals surface area contributed by atoms with Gasteiger partial charge < -0.3 is 10.2 Å². The number of para-hydroxylation sites is 1. The van der Waals surface area contributed by atoms with Gasteiger partial charge in [0.2, 0.25) is 21.8 Å². The van der Waals surface area contributed by atoms with Gasteiger partial charge in [0.25, 0.3) is 0 Å². The first-order chi connectivity index (χ1) is 15.6. The zero-order valence-corrected chi connectivity index (χ0v) is 21.0. The summed E-state index contributed by atoms with van der Waals surface area (Å²) >= 11 is 0. The Kier molecular flexibility index (Phi) is 9.46. The van der Waals surface area contributed by atoms with Gasteiger partial charge in [-0.2, -0.15) is 0 Å². The van der Waals surface area contributed by atoms with Gasteiger partial charge in [0, 0.05) is 26.6 Å². The first-order valence-electron chi connectivity index (χ1n) is 11.2. The molecule has 2 amide bonds. The average Bonchev–Trinajstić information content (AvgIpc) is 2.76.